The van der Waals surface area contributed by atoms with Crippen LogP contribution in [0.15, 0.2) is 35.6 Å². The van der Waals surface area contributed by atoms with Crippen molar-refractivity contribution in [3.63, 3.8) is 0 Å². The number of hydrogen-bond acceptors (Lipinski definition) is 5. The van der Waals surface area contributed by atoms with E-state index in [2.05, 4.69) is 20.6 Å². The summed E-state index contributed by atoms with van der Waals surface area (Å²) >= 11 is 0. The lowest BCUT2D eigenvalue weighted by Crippen LogP contribution is -2.34. The number of hydrogen-bond donors (Lipinski definition) is 2. The van der Waals surface area contributed by atoms with Crippen molar-refractivity contribution in [1.29, 1.82) is 0 Å². The normalized spacial score (nSPS) is 21.2. The van der Waals surface area contributed by atoms with Crippen LogP contribution in [0.25, 0.3) is 5.70 Å². The Morgan fingerprint density at radius 1 is 1.24 bits per heavy atom. The van der Waals surface area contributed by atoms with Crippen LogP contribution >= 0.6 is 0 Å². The molecule has 0 aromatic carbocycles. The van der Waals surface area contributed by atoms with Crippen molar-refractivity contribution in [1.82, 2.24) is 15.6 Å². The van der Waals surface area contributed by atoms with Gasteiger partial charge in [0.25, 0.3) is 0 Å². The fourth-order valence-corrected chi connectivity index (χ4v) is 2.35. The van der Waals surface area contributed by atoms with Crippen LogP contribution in [-0.4, -0.2) is 37.6 Å². The van der Waals surface area contributed by atoms with Crippen LogP contribution in [-0.2, 0) is 4.74 Å². The number of nitrogens with zero attached hydrogens (tertiary/aromatic N) is 2. The van der Waals surface area contributed by atoms with Gasteiger partial charge in [0, 0.05) is 12.4 Å². The summed E-state index contributed by atoms with van der Waals surface area (Å²) in [6, 6.07) is 5.80. The molecule has 2 N–H and O–H groups in total. The van der Waals surface area contributed by atoms with Crippen LogP contribution in [0.4, 0.5) is 0 Å². The highest BCUT2D eigenvalue weighted by atomic mass is 16.5. The predicted octanol–water partition coefficient (Wildman–Crippen LogP) is 2.17. The van der Waals surface area contributed by atoms with Crippen molar-refractivity contribution < 1.29 is 4.74 Å². The molecule has 0 radical (unpaired) electrons. The monoisotopic (exact) mass is 288 g/mol. The summed E-state index contributed by atoms with van der Waals surface area (Å²) in [4.78, 5) is 8.68. The minimum Gasteiger partial charge on any atom is -0.360 e. The summed E-state index contributed by atoms with van der Waals surface area (Å²) in [6.07, 6.45) is 10.7. The largest absolute Gasteiger partial charge is 0.360 e. The van der Waals surface area contributed by atoms with E-state index in [1.54, 1.807) is 6.20 Å². The molecular formula is C16H24N4O. The molecule has 1 aliphatic heterocycles. The molecule has 1 saturated carbocycles. The lowest BCUT2D eigenvalue weighted by atomic mass is 10.2. The Kier molecular flexibility index (Phi) is 6.37. The first-order chi connectivity index (χ1) is 10.3. The summed E-state index contributed by atoms with van der Waals surface area (Å²) in [5.74, 6) is 0. The van der Waals surface area contributed by atoms with E-state index in [4.69, 9.17) is 4.74 Å². The molecule has 2 heterocycles. The minimum absolute atomic E-state index is 0.0967. The first-order valence-corrected chi connectivity index (χ1v) is 7.49. The lowest BCUT2D eigenvalue weighted by Gasteiger charge is -2.21. The van der Waals surface area contributed by atoms with Gasteiger partial charge in [-0.3, -0.25) is 9.98 Å². The predicted molar refractivity (Wildman–Crippen MR) is 86.0 cm³/mol. The van der Waals surface area contributed by atoms with E-state index in [0.717, 1.165) is 11.4 Å². The maximum Gasteiger partial charge on any atom is 0.164 e. The number of rotatable bonds is 3. The van der Waals surface area contributed by atoms with Crippen LogP contribution < -0.4 is 10.6 Å². The first-order valence-electron chi connectivity index (χ1n) is 7.49. The van der Waals surface area contributed by atoms with Gasteiger partial charge >= 0.3 is 0 Å². The third-order valence-corrected chi connectivity index (χ3v) is 3.30. The minimum atomic E-state index is -0.0967. The molecule has 1 unspecified atom stereocenters. The summed E-state index contributed by atoms with van der Waals surface area (Å²) in [6.45, 7) is 0. The quantitative estimate of drug-likeness (QED) is 0.895. The Labute approximate surface area is 126 Å². The van der Waals surface area contributed by atoms with E-state index in [0.29, 0.717) is 6.10 Å². The maximum atomic E-state index is 5.91. The molecule has 5 heteroatoms. The molecule has 1 atom stereocenters. The Bertz CT molecular complexity index is 466. The summed E-state index contributed by atoms with van der Waals surface area (Å²) in [7, 11) is 3.75. The Morgan fingerprint density at radius 2 is 2.00 bits per heavy atom. The summed E-state index contributed by atoms with van der Waals surface area (Å²) in [5, 5.41) is 5.97. The van der Waals surface area contributed by atoms with Crippen LogP contribution in [0.1, 0.15) is 31.4 Å². The first kappa shape index (κ1) is 15.7. The van der Waals surface area contributed by atoms with Gasteiger partial charge in [0.05, 0.1) is 18.0 Å². The standard InChI is InChI=1S/C14H17N3O.C2H7N/c1-2-6-11(5-1)18-14-10-16-13(9-17-14)12-7-3-4-8-15-12;1-3-2/h3-4,7-11,14,17H,1-2,5-6H2;3H,1-2H3. The SMILES string of the molecule is C1=NC(c2ccccn2)=CNC1OC1CCCC1.CNC. The van der Waals surface area contributed by atoms with Gasteiger partial charge in [-0.25, -0.2) is 0 Å². The third-order valence-electron chi connectivity index (χ3n) is 3.30. The molecule has 1 fully saturated rings. The molecule has 0 amide bonds. The van der Waals surface area contributed by atoms with Crippen molar-refractivity contribution in [2.24, 2.45) is 4.99 Å². The highest BCUT2D eigenvalue weighted by Gasteiger charge is 2.20. The maximum absolute atomic E-state index is 5.91. The van der Waals surface area contributed by atoms with Gasteiger partial charge in [-0.2, -0.15) is 0 Å². The second-order valence-electron chi connectivity index (χ2n) is 5.15. The number of ether oxygens (including phenoxy) is 1. The fraction of sp³-hybridized carbons (Fsp3) is 0.500. The molecule has 21 heavy (non-hydrogen) atoms. The zero-order valence-electron chi connectivity index (χ0n) is 12.7. The number of aliphatic imine (C=N–C) groups is 1. The summed E-state index contributed by atoms with van der Waals surface area (Å²) < 4.78 is 5.91. The average Bonchev–Trinajstić information content (AvgIpc) is 3.03. The smallest absolute Gasteiger partial charge is 0.164 e. The zero-order chi connectivity index (χ0) is 14.9. The second kappa shape index (κ2) is 8.54. The Balaban J connectivity index is 0.000000497. The molecule has 2 aliphatic rings. The van der Waals surface area contributed by atoms with Gasteiger partial charge in [0.15, 0.2) is 6.23 Å². The van der Waals surface area contributed by atoms with Gasteiger partial charge in [-0.05, 0) is 39.1 Å². The number of aromatic nitrogens is 1. The zero-order valence-corrected chi connectivity index (χ0v) is 12.7. The van der Waals surface area contributed by atoms with Crippen LogP contribution in [0.2, 0.25) is 0 Å². The van der Waals surface area contributed by atoms with Gasteiger partial charge in [-0.15, -0.1) is 0 Å². The van der Waals surface area contributed by atoms with Gasteiger partial charge < -0.3 is 15.4 Å². The molecular weight excluding hydrogens is 264 g/mol. The van der Waals surface area contributed by atoms with E-state index in [1.807, 2.05) is 44.7 Å². The van der Waals surface area contributed by atoms with Crippen LogP contribution in [0, 0.1) is 0 Å². The second-order valence-corrected chi connectivity index (χ2v) is 5.15. The average molecular weight is 288 g/mol. The third kappa shape index (κ3) is 4.95. The highest BCUT2D eigenvalue weighted by Crippen LogP contribution is 2.22. The molecule has 3 rings (SSSR count). The van der Waals surface area contributed by atoms with Crippen molar-refractivity contribution in [3.05, 3.63) is 36.3 Å². The van der Waals surface area contributed by atoms with E-state index in [9.17, 15) is 0 Å². The van der Waals surface area contributed by atoms with Crippen molar-refractivity contribution in [3.8, 4) is 0 Å². The number of nitrogens with one attached hydrogen (secondary N) is 2. The van der Waals surface area contributed by atoms with Crippen LogP contribution in [0.3, 0.4) is 0 Å². The van der Waals surface area contributed by atoms with Gasteiger partial charge in [-0.1, -0.05) is 18.9 Å². The fourth-order valence-electron chi connectivity index (χ4n) is 2.35. The topological polar surface area (TPSA) is 58.5 Å². The number of pyridine rings is 1. The molecule has 5 nitrogen and oxygen atoms in total. The molecule has 0 bridgehead atoms. The van der Waals surface area contributed by atoms with Crippen LogP contribution in [0.5, 0.6) is 0 Å². The molecule has 1 aromatic rings. The Morgan fingerprint density at radius 3 is 2.57 bits per heavy atom. The van der Waals surface area contributed by atoms with Gasteiger partial charge in [0.1, 0.15) is 5.70 Å². The highest BCUT2D eigenvalue weighted by molar-refractivity contribution is 5.77. The molecule has 0 spiro atoms. The van der Waals surface area contributed by atoms with E-state index in [1.165, 1.54) is 25.7 Å². The summed E-state index contributed by atoms with van der Waals surface area (Å²) in [5.41, 5.74) is 1.72. The van der Waals surface area contributed by atoms with Crippen molar-refractivity contribution >= 4 is 11.9 Å². The van der Waals surface area contributed by atoms with Crippen molar-refractivity contribution in [2.45, 2.75) is 38.0 Å². The van der Waals surface area contributed by atoms with Crippen molar-refractivity contribution in [2.75, 3.05) is 14.1 Å². The van der Waals surface area contributed by atoms with E-state index in [-0.39, 0.29) is 6.23 Å². The molecule has 1 aromatic heterocycles. The molecule has 114 valence electrons. The molecule has 0 saturated heterocycles. The molecule has 1 aliphatic carbocycles. The Hall–Kier alpha value is -1.72. The van der Waals surface area contributed by atoms with E-state index >= 15 is 0 Å². The van der Waals surface area contributed by atoms with Gasteiger partial charge in [0.2, 0.25) is 0 Å². The van der Waals surface area contributed by atoms with E-state index < -0.39 is 0 Å². The lowest BCUT2D eigenvalue weighted by molar-refractivity contribution is 0.0202.